The second-order valence-corrected chi connectivity index (χ2v) is 3.88. The van der Waals surface area contributed by atoms with Crippen molar-refractivity contribution in [3.8, 4) is 0 Å². The SMILES string of the molecule is CNN1CCC[C@H]1c1ccc(Cl)nc1. The summed E-state index contributed by atoms with van der Waals surface area (Å²) in [5.41, 5.74) is 4.44. The number of nitrogens with one attached hydrogen (secondary N) is 1. The van der Waals surface area contributed by atoms with Gasteiger partial charge in [-0.05, 0) is 31.5 Å². The topological polar surface area (TPSA) is 28.2 Å². The lowest BCUT2D eigenvalue weighted by Crippen LogP contribution is -2.34. The second kappa shape index (κ2) is 4.26. The van der Waals surface area contributed by atoms with Crippen LogP contribution in [0.5, 0.6) is 0 Å². The van der Waals surface area contributed by atoms with Gasteiger partial charge in [0.1, 0.15) is 5.15 Å². The van der Waals surface area contributed by atoms with Gasteiger partial charge >= 0.3 is 0 Å². The van der Waals surface area contributed by atoms with Crippen LogP contribution < -0.4 is 5.43 Å². The van der Waals surface area contributed by atoms with Gasteiger partial charge in [-0.2, -0.15) is 0 Å². The van der Waals surface area contributed by atoms with Crippen LogP contribution in [0.1, 0.15) is 24.4 Å². The highest BCUT2D eigenvalue weighted by Crippen LogP contribution is 2.29. The van der Waals surface area contributed by atoms with E-state index in [-0.39, 0.29) is 0 Å². The van der Waals surface area contributed by atoms with Crippen LogP contribution >= 0.6 is 11.6 Å². The summed E-state index contributed by atoms with van der Waals surface area (Å²) in [6, 6.07) is 4.35. The second-order valence-electron chi connectivity index (χ2n) is 3.49. The molecule has 0 spiro atoms. The molecule has 1 aromatic heterocycles. The van der Waals surface area contributed by atoms with Crippen molar-refractivity contribution in [1.82, 2.24) is 15.4 Å². The van der Waals surface area contributed by atoms with Crippen molar-refractivity contribution in [3.05, 3.63) is 29.0 Å². The first-order valence-corrected chi connectivity index (χ1v) is 5.24. The zero-order chi connectivity index (χ0) is 9.97. The number of hydrazine groups is 1. The smallest absolute Gasteiger partial charge is 0.129 e. The van der Waals surface area contributed by atoms with Crippen LogP contribution in [-0.2, 0) is 0 Å². The lowest BCUT2D eigenvalue weighted by molar-refractivity contribution is 0.190. The molecular weight excluding hydrogens is 198 g/mol. The number of rotatable bonds is 2. The minimum atomic E-state index is 0.449. The molecule has 0 aliphatic carbocycles. The Morgan fingerprint density at radius 3 is 3.07 bits per heavy atom. The molecule has 0 radical (unpaired) electrons. The van der Waals surface area contributed by atoms with E-state index in [1.807, 2.05) is 19.3 Å². The number of halogens is 1. The number of hydrogen-bond acceptors (Lipinski definition) is 3. The van der Waals surface area contributed by atoms with Crippen LogP contribution in [0.2, 0.25) is 5.15 Å². The summed E-state index contributed by atoms with van der Waals surface area (Å²) in [4.78, 5) is 4.10. The van der Waals surface area contributed by atoms with Gasteiger partial charge in [-0.1, -0.05) is 17.7 Å². The first kappa shape index (κ1) is 9.90. The molecule has 1 fully saturated rings. The minimum Gasteiger partial charge on any atom is -0.258 e. The van der Waals surface area contributed by atoms with Crippen LogP contribution in [-0.4, -0.2) is 23.6 Å². The Morgan fingerprint density at radius 2 is 2.43 bits per heavy atom. The summed E-state index contributed by atoms with van der Waals surface area (Å²) in [6.45, 7) is 1.10. The molecule has 0 saturated carbocycles. The van der Waals surface area contributed by atoms with E-state index in [4.69, 9.17) is 11.6 Å². The largest absolute Gasteiger partial charge is 0.258 e. The Kier molecular flexibility index (Phi) is 3.01. The molecule has 76 valence electrons. The maximum Gasteiger partial charge on any atom is 0.129 e. The fraction of sp³-hybridized carbons (Fsp3) is 0.500. The van der Waals surface area contributed by atoms with Crippen molar-refractivity contribution >= 4 is 11.6 Å². The average Bonchev–Trinajstić information content (AvgIpc) is 2.67. The third kappa shape index (κ3) is 1.90. The molecule has 1 atom stereocenters. The van der Waals surface area contributed by atoms with Crippen molar-refractivity contribution in [1.29, 1.82) is 0 Å². The normalized spacial score (nSPS) is 22.9. The van der Waals surface area contributed by atoms with Gasteiger partial charge in [0.25, 0.3) is 0 Å². The van der Waals surface area contributed by atoms with Crippen molar-refractivity contribution in [3.63, 3.8) is 0 Å². The molecule has 0 aromatic carbocycles. The van der Waals surface area contributed by atoms with Gasteiger partial charge in [0.05, 0.1) is 6.04 Å². The molecule has 14 heavy (non-hydrogen) atoms. The van der Waals surface area contributed by atoms with Crippen molar-refractivity contribution in [2.75, 3.05) is 13.6 Å². The highest BCUT2D eigenvalue weighted by molar-refractivity contribution is 6.29. The summed E-state index contributed by atoms with van der Waals surface area (Å²) in [5, 5.41) is 2.80. The number of aromatic nitrogens is 1. The van der Waals surface area contributed by atoms with Crippen molar-refractivity contribution in [2.45, 2.75) is 18.9 Å². The number of hydrogen-bond donors (Lipinski definition) is 1. The quantitative estimate of drug-likeness (QED) is 0.759. The molecule has 2 rings (SSSR count). The summed E-state index contributed by atoms with van der Waals surface area (Å²) in [6.07, 6.45) is 4.28. The third-order valence-electron chi connectivity index (χ3n) is 2.68. The molecular formula is C10H14ClN3. The Labute approximate surface area is 89.1 Å². The number of pyridine rings is 1. The minimum absolute atomic E-state index is 0.449. The van der Waals surface area contributed by atoms with Crippen LogP contribution in [0.15, 0.2) is 18.3 Å². The van der Waals surface area contributed by atoms with E-state index in [1.54, 1.807) is 0 Å². The zero-order valence-corrected chi connectivity index (χ0v) is 8.96. The Hall–Kier alpha value is -0.640. The third-order valence-corrected chi connectivity index (χ3v) is 2.90. The van der Waals surface area contributed by atoms with Gasteiger partial charge in [0.15, 0.2) is 0 Å². The Bertz CT molecular complexity index is 299. The average molecular weight is 212 g/mol. The molecule has 3 nitrogen and oxygen atoms in total. The molecule has 1 N–H and O–H groups in total. The zero-order valence-electron chi connectivity index (χ0n) is 8.20. The lowest BCUT2D eigenvalue weighted by atomic mass is 10.1. The summed E-state index contributed by atoms with van der Waals surface area (Å²) >= 11 is 5.75. The van der Waals surface area contributed by atoms with Crippen LogP contribution in [0.3, 0.4) is 0 Å². The lowest BCUT2D eigenvalue weighted by Gasteiger charge is -2.23. The van der Waals surface area contributed by atoms with Crippen molar-refractivity contribution < 1.29 is 0 Å². The predicted octanol–water partition coefficient (Wildman–Crippen LogP) is 2.01. The van der Waals surface area contributed by atoms with E-state index < -0.39 is 0 Å². The highest BCUT2D eigenvalue weighted by Gasteiger charge is 2.24. The Balaban J connectivity index is 2.17. The molecule has 2 heterocycles. The standard InChI is InChI=1S/C10H14ClN3/c1-12-14-6-2-3-9(14)8-4-5-10(11)13-7-8/h4-5,7,9,12H,2-3,6H2,1H3/t9-/m0/s1. The van der Waals surface area contributed by atoms with Gasteiger partial charge in [-0.3, -0.25) is 5.43 Å². The maximum atomic E-state index is 5.75. The molecule has 0 bridgehead atoms. The Morgan fingerprint density at radius 1 is 1.57 bits per heavy atom. The van der Waals surface area contributed by atoms with Gasteiger partial charge in [0, 0.05) is 12.7 Å². The molecule has 1 saturated heterocycles. The van der Waals surface area contributed by atoms with E-state index in [1.165, 1.54) is 18.4 Å². The summed E-state index contributed by atoms with van der Waals surface area (Å²) in [5.74, 6) is 0. The first-order chi connectivity index (χ1) is 6.81. The van der Waals surface area contributed by atoms with Crippen LogP contribution in [0, 0.1) is 0 Å². The maximum absolute atomic E-state index is 5.75. The molecule has 4 heteroatoms. The van der Waals surface area contributed by atoms with Crippen LogP contribution in [0.25, 0.3) is 0 Å². The molecule has 1 aromatic rings. The van der Waals surface area contributed by atoms with Gasteiger partial charge in [-0.15, -0.1) is 0 Å². The molecule has 1 aliphatic rings. The predicted molar refractivity (Wildman–Crippen MR) is 57.0 cm³/mol. The highest BCUT2D eigenvalue weighted by atomic mass is 35.5. The molecule has 1 aliphatic heterocycles. The number of nitrogens with zero attached hydrogens (tertiary/aromatic N) is 2. The summed E-state index contributed by atoms with van der Waals surface area (Å²) < 4.78 is 0. The van der Waals surface area contributed by atoms with E-state index in [0.29, 0.717) is 11.2 Å². The fourth-order valence-corrected chi connectivity index (χ4v) is 2.08. The first-order valence-electron chi connectivity index (χ1n) is 4.87. The van der Waals surface area contributed by atoms with Crippen molar-refractivity contribution in [2.24, 2.45) is 0 Å². The fourth-order valence-electron chi connectivity index (χ4n) is 1.97. The summed E-state index contributed by atoms with van der Waals surface area (Å²) in [7, 11) is 1.96. The molecule has 0 unspecified atom stereocenters. The van der Waals surface area contributed by atoms with E-state index in [0.717, 1.165) is 6.54 Å². The van der Waals surface area contributed by atoms with Gasteiger partial charge in [0.2, 0.25) is 0 Å². The van der Waals surface area contributed by atoms with Gasteiger partial charge in [-0.25, -0.2) is 9.99 Å². The van der Waals surface area contributed by atoms with E-state index in [9.17, 15) is 0 Å². The molecule has 0 amide bonds. The van der Waals surface area contributed by atoms with E-state index in [2.05, 4.69) is 21.5 Å². The monoisotopic (exact) mass is 211 g/mol. The van der Waals surface area contributed by atoms with Gasteiger partial charge < -0.3 is 0 Å². The van der Waals surface area contributed by atoms with Crippen LogP contribution in [0.4, 0.5) is 0 Å². The van der Waals surface area contributed by atoms with E-state index >= 15 is 0 Å².